The number of benzene rings is 2. The van der Waals surface area contributed by atoms with Gasteiger partial charge in [0.05, 0.1) is 11.4 Å². The van der Waals surface area contributed by atoms with E-state index >= 15 is 0 Å². The summed E-state index contributed by atoms with van der Waals surface area (Å²) in [6.07, 6.45) is 3.60. The third-order valence-electron chi connectivity index (χ3n) is 5.80. The Labute approximate surface area is 196 Å². The molecule has 178 valence electrons. The van der Waals surface area contributed by atoms with Crippen molar-refractivity contribution in [3.8, 4) is 0 Å². The fraction of sp³-hybridized carbons (Fsp3) is 0.417. The number of carbonyl (C=O) groups is 2. The van der Waals surface area contributed by atoms with Crippen molar-refractivity contribution in [2.75, 3.05) is 45.7 Å². The number of sulfonamides is 1. The Morgan fingerprint density at radius 2 is 1.67 bits per heavy atom. The van der Waals surface area contributed by atoms with Gasteiger partial charge in [0.15, 0.2) is 0 Å². The first-order valence-corrected chi connectivity index (χ1v) is 12.5. The van der Waals surface area contributed by atoms with Gasteiger partial charge >= 0.3 is 0 Å². The molecule has 0 aliphatic carbocycles. The van der Waals surface area contributed by atoms with Gasteiger partial charge in [-0.05, 0) is 49.1 Å². The fourth-order valence-electron chi connectivity index (χ4n) is 3.83. The highest BCUT2D eigenvalue weighted by Crippen LogP contribution is 2.25. The number of amides is 2. The van der Waals surface area contributed by atoms with Crippen LogP contribution in [0.5, 0.6) is 0 Å². The van der Waals surface area contributed by atoms with E-state index in [4.69, 9.17) is 0 Å². The minimum absolute atomic E-state index is 0.0258. The van der Waals surface area contributed by atoms with Gasteiger partial charge < -0.3 is 15.1 Å². The summed E-state index contributed by atoms with van der Waals surface area (Å²) in [6.45, 7) is 2.31. The number of rotatable bonds is 8. The molecule has 2 amide bonds. The van der Waals surface area contributed by atoms with Gasteiger partial charge in [-0.15, -0.1) is 0 Å². The van der Waals surface area contributed by atoms with Gasteiger partial charge in [-0.1, -0.05) is 24.3 Å². The maximum Gasteiger partial charge on any atom is 0.251 e. The summed E-state index contributed by atoms with van der Waals surface area (Å²) in [5.74, 6) is -0.727. The van der Waals surface area contributed by atoms with Crippen LogP contribution in [-0.4, -0.2) is 70.2 Å². The number of anilines is 1. The normalized spacial score (nSPS) is 14.2. The standard InChI is InChI=1S/C24H32N4O4S/c1-26(2)33(31,32)21-12-9-11-19(16-21)24(30)25-17-23(29)27(3)18-20-10-5-6-13-22(20)28-14-7-4-8-15-28/h5-6,9-13,16H,4,7-8,14-15,17-18H2,1-3H3,(H,25,30). The quantitative estimate of drug-likeness (QED) is 0.637. The lowest BCUT2D eigenvalue weighted by Gasteiger charge is -2.31. The molecule has 0 bridgehead atoms. The third-order valence-corrected chi connectivity index (χ3v) is 7.61. The average molecular weight is 473 g/mol. The van der Waals surface area contributed by atoms with Crippen LogP contribution in [-0.2, 0) is 21.4 Å². The van der Waals surface area contributed by atoms with E-state index < -0.39 is 15.9 Å². The number of nitrogens with zero attached hydrogens (tertiary/aromatic N) is 3. The van der Waals surface area contributed by atoms with E-state index in [9.17, 15) is 18.0 Å². The van der Waals surface area contributed by atoms with Crippen LogP contribution in [0.25, 0.3) is 0 Å². The molecule has 0 radical (unpaired) electrons. The maximum absolute atomic E-state index is 12.7. The molecule has 2 aromatic rings. The monoisotopic (exact) mass is 472 g/mol. The van der Waals surface area contributed by atoms with E-state index in [0.29, 0.717) is 6.54 Å². The fourth-order valence-corrected chi connectivity index (χ4v) is 4.78. The van der Waals surface area contributed by atoms with Crippen molar-refractivity contribution in [1.82, 2.24) is 14.5 Å². The van der Waals surface area contributed by atoms with Gasteiger partial charge in [-0.3, -0.25) is 9.59 Å². The Bertz CT molecular complexity index is 1100. The van der Waals surface area contributed by atoms with Crippen LogP contribution in [0.4, 0.5) is 5.69 Å². The van der Waals surface area contributed by atoms with Crippen LogP contribution in [0, 0.1) is 0 Å². The number of carbonyl (C=O) groups excluding carboxylic acids is 2. The lowest BCUT2D eigenvalue weighted by molar-refractivity contribution is -0.129. The Kier molecular flexibility index (Phi) is 8.10. The molecule has 33 heavy (non-hydrogen) atoms. The third kappa shape index (κ3) is 6.11. The van der Waals surface area contributed by atoms with Crippen LogP contribution < -0.4 is 10.2 Å². The maximum atomic E-state index is 12.7. The smallest absolute Gasteiger partial charge is 0.251 e. The van der Waals surface area contributed by atoms with Crippen molar-refractivity contribution in [3.05, 3.63) is 59.7 Å². The Morgan fingerprint density at radius 3 is 2.36 bits per heavy atom. The molecule has 1 fully saturated rings. The summed E-state index contributed by atoms with van der Waals surface area (Å²) < 4.78 is 25.7. The molecule has 1 heterocycles. The summed E-state index contributed by atoms with van der Waals surface area (Å²) >= 11 is 0. The van der Waals surface area contributed by atoms with Crippen LogP contribution in [0.2, 0.25) is 0 Å². The highest BCUT2D eigenvalue weighted by atomic mass is 32.2. The Hall–Kier alpha value is -2.91. The van der Waals surface area contributed by atoms with Crippen LogP contribution in [0.1, 0.15) is 35.2 Å². The molecule has 8 nitrogen and oxygen atoms in total. The van der Waals surface area contributed by atoms with E-state index in [-0.39, 0.29) is 22.9 Å². The van der Waals surface area contributed by atoms with Crippen molar-refractivity contribution >= 4 is 27.5 Å². The summed E-state index contributed by atoms with van der Waals surface area (Å²) in [7, 11) is 0.924. The molecule has 1 aliphatic rings. The molecule has 3 rings (SSSR count). The lowest BCUT2D eigenvalue weighted by atomic mass is 10.1. The van der Waals surface area contributed by atoms with Crippen LogP contribution >= 0.6 is 0 Å². The number of piperidine rings is 1. The van der Waals surface area contributed by atoms with Crippen molar-refractivity contribution < 1.29 is 18.0 Å². The van der Waals surface area contributed by atoms with Crippen LogP contribution in [0.15, 0.2) is 53.4 Å². The minimum atomic E-state index is -3.65. The SMILES string of the molecule is CN(Cc1ccccc1N1CCCCC1)C(=O)CNC(=O)c1cccc(S(=O)(=O)N(C)C)c1. The molecular formula is C24H32N4O4S. The van der Waals surface area contributed by atoms with E-state index in [1.165, 1.54) is 57.6 Å². The number of likely N-dealkylation sites (N-methyl/N-ethyl adjacent to an activating group) is 1. The van der Waals surface area contributed by atoms with Gasteiger partial charge in [-0.25, -0.2) is 12.7 Å². The number of hydrogen-bond donors (Lipinski definition) is 1. The molecule has 1 N–H and O–H groups in total. The van der Waals surface area contributed by atoms with E-state index in [0.717, 1.165) is 28.6 Å². The molecule has 0 spiro atoms. The zero-order valence-corrected chi connectivity index (χ0v) is 20.3. The van der Waals surface area contributed by atoms with Gasteiger partial charge in [-0.2, -0.15) is 0 Å². The lowest BCUT2D eigenvalue weighted by Crippen LogP contribution is -2.38. The second kappa shape index (κ2) is 10.8. The van der Waals surface area contributed by atoms with E-state index in [2.05, 4.69) is 16.3 Å². The molecule has 1 saturated heterocycles. The van der Waals surface area contributed by atoms with Gasteiger partial charge in [0.25, 0.3) is 5.91 Å². The molecule has 0 aromatic heterocycles. The van der Waals surface area contributed by atoms with Crippen LogP contribution in [0.3, 0.4) is 0 Å². The summed E-state index contributed by atoms with van der Waals surface area (Å²) in [5.41, 5.74) is 2.41. The predicted molar refractivity (Wildman–Crippen MR) is 129 cm³/mol. The topological polar surface area (TPSA) is 90.0 Å². The molecule has 2 aromatic carbocycles. The zero-order chi connectivity index (χ0) is 24.0. The second-order valence-corrected chi connectivity index (χ2v) is 10.6. The number of hydrogen-bond acceptors (Lipinski definition) is 5. The van der Waals surface area contributed by atoms with Crippen molar-refractivity contribution in [1.29, 1.82) is 0 Å². The van der Waals surface area contributed by atoms with E-state index in [1.54, 1.807) is 11.9 Å². The first-order chi connectivity index (χ1) is 15.7. The Balaban J connectivity index is 1.61. The van der Waals surface area contributed by atoms with E-state index in [1.807, 2.05) is 18.2 Å². The molecule has 0 saturated carbocycles. The highest BCUT2D eigenvalue weighted by molar-refractivity contribution is 7.89. The minimum Gasteiger partial charge on any atom is -0.371 e. The van der Waals surface area contributed by atoms with Crippen molar-refractivity contribution in [2.24, 2.45) is 0 Å². The average Bonchev–Trinajstić information content (AvgIpc) is 2.83. The van der Waals surface area contributed by atoms with Crippen molar-refractivity contribution in [2.45, 2.75) is 30.7 Å². The molecule has 0 unspecified atom stereocenters. The zero-order valence-electron chi connectivity index (χ0n) is 19.5. The molecule has 9 heteroatoms. The largest absolute Gasteiger partial charge is 0.371 e. The van der Waals surface area contributed by atoms with Gasteiger partial charge in [0.1, 0.15) is 0 Å². The molecular weight excluding hydrogens is 440 g/mol. The van der Waals surface area contributed by atoms with Gasteiger partial charge in [0.2, 0.25) is 15.9 Å². The predicted octanol–water partition coefficient (Wildman–Crippen LogP) is 2.32. The number of nitrogens with one attached hydrogen (secondary N) is 1. The molecule has 0 atom stereocenters. The Morgan fingerprint density at radius 1 is 0.970 bits per heavy atom. The number of para-hydroxylation sites is 1. The second-order valence-electron chi connectivity index (χ2n) is 8.42. The first kappa shape index (κ1) is 24.7. The summed E-state index contributed by atoms with van der Waals surface area (Å²) in [5, 5.41) is 2.60. The summed E-state index contributed by atoms with van der Waals surface area (Å²) in [4.78, 5) is 29.2. The van der Waals surface area contributed by atoms with Crippen molar-refractivity contribution in [3.63, 3.8) is 0 Å². The van der Waals surface area contributed by atoms with Gasteiger partial charge in [0, 0.05) is 52.0 Å². The summed E-state index contributed by atoms with van der Waals surface area (Å²) in [6, 6.07) is 13.9. The highest BCUT2D eigenvalue weighted by Gasteiger charge is 2.20. The molecule has 1 aliphatic heterocycles. The first-order valence-electron chi connectivity index (χ1n) is 11.1.